The van der Waals surface area contributed by atoms with E-state index in [0.717, 1.165) is 11.1 Å². The van der Waals surface area contributed by atoms with Crippen LogP contribution in [0.15, 0.2) is 48.5 Å². The van der Waals surface area contributed by atoms with E-state index in [4.69, 9.17) is 11.6 Å². The maximum atomic E-state index is 12.1. The summed E-state index contributed by atoms with van der Waals surface area (Å²) in [7, 11) is 0. The summed E-state index contributed by atoms with van der Waals surface area (Å²) < 4.78 is 0. The summed E-state index contributed by atoms with van der Waals surface area (Å²) in [6.45, 7) is 3.88. The molecule has 0 fully saturated rings. The van der Waals surface area contributed by atoms with Crippen LogP contribution in [0.2, 0.25) is 5.02 Å². The second kappa shape index (κ2) is 7.79. The Bertz CT molecular complexity index is 681. The minimum atomic E-state index is -0.241. The topological polar surface area (TPSA) is 49.4 Å². The van der Waals surface area contributed by atoms with Crippen LogP contribution >= 0.6 is 11.6 Å². The lowest BCUT2D eigenvalue weighted by Gasteiger charge is -2.20. The van der Waals surface area contributed by atoms with Gasteiger partial charge in [-0.05, 0) is 36.8 Å². The van der Waals surface area contributed by atoms with Gasteiger partial charge < -0.3 is 10.2 Å². The maximum Gasteiger partial charge on any atom is 0.244 e. The van der Waals surface area contributed by atoms with Crippen LogP contribution in [0.3, 0.4) is 0 Å². The molecule has 120 valence electrons. The lowest BCUT2D eigenvalue weighted by Crippen LogP contribution is -2.36. The number of hydrogen-bond acceptors (Lipinski definition) is 2. The standard InChI is InChI=1S/C18H19ClN2O2/c1-13-3-5-15(6-4-13)11-21(14(2)22)12-18(23)20-17-9-7-16(19)8-10-17/h3-10H,11-12H2,1-2H3,(H,20,23). The Hall–Kier alpha value is -2.33. The average Bonchev–Trinajstić information content (AvgIpc) is 2.51. The number of nitrogens with zero attached hydrogens (tertiary/aromatic N) is 1. The van der Waals surface area contributed by atoms with Crippen molar-refractivity contribution in [3.8, 4) is 0 Å². The van der Waals surface area contributed by atoms with E-state index in [1.165, 1.54) is 11.8 Å². The monoisotopic (exact) mass is 330 g/mol. The first kappa shape index (κ1) is 17.0. The Kier molecular flexibility index (Phi) is 5.77. The number of hydrogen-bond donors (Lipinski definition) is 1. The van der Waals surface area contributed by atoms with Crippen molar-refractivity contribution in [1.29, 1.82) is 0 Å². The Morgan fingerprint density at radius 3 is 2.22 bits per heavy atom. The van der Waals surface area contributed by atoms with Crippen molar-refractivity contribution >= 4 is 29.1 Å². The molecule has 0 aliphatic rings. The molecule has 0 atom stereocenters. The van der Waals surface area contributed by atoms with Gasteiger partial charge in [0, 0.05) is 24.2 Å². The van der Waals surface area contributed by atoms with Crippen molar-refractivity contribution in [2.75, 3.05) is 11.9 Å². The number of aryl methyl sites for hydroxylation is 1. The summed E-state index contributed by atoms with van der Waals surface area (Å²) in [6, 6.07) is 14.7. The van der Waals surface area contributed by atoms with Gasteiger partial charge in [0.05, 0.1) is 0 Å². The molecule has 2 aromatic carbocycles. The van der Waals surface area contributed by atoms with Crippen LogP contribution in [0.4, 0.5) is 5.69 Å². The molecule has 5 heteroatoms. The molecule has 0 saturated carbocycles. The van der Waals surface area contributed by atoms with Gasteiger partial charge in [0.1, 0.15) is 6.54 Å². The van der Waals surface area contributed by atoms with Crippen LogP contribution in [-0.2, 0) is 16.1 Å². The first-order valence-electron chi connectivity index (χ1n) is 7.30. The molecule has 0 radical (unpaired) electrons. The average molecular weight is 331 g/mol. The smallest absolute Gasteiger partial charge is 0.244 e. The third kappa shape index (κ3) is 5.42. The van der Waals surface area contributed by atoms with Crippen LogP contribution < -0.4 is 5.32 Å². The highest BCUT2D eigenvalue weighted by Crippen LogP contribution is 2.13. The molecule has 0 unspecified atom stereocenters. The highest BCUT2D eigenvalue weighted by atomic mass is 35.5. The van der Waals surface area contributed by atoms with E-state index >= 15 is 0 Å². The number of anilines is 1. The largest absolute Gasteiger partial charge is 0.329 e. The summed E-state index contributed by atoms with van der Waals surface area (Å²) in [4.78, 5) is 25.4. The second-order valence-corrected chi connectivity index (χ2v) is 5.85. The third-order valence-electron chi connectivity index (χ3n) is 3.40. The van der Waals surface area contributed by atoms with E-state index in [1.54, 1.807) is 24.3 Å². The molecule has 0 saturated heterocycles. The van der Waals surface area contributed by atoms with Gasteiger partial charge in [0.15, 0.2) is 0 Å². The van der Waals surface area contributed by atoms with Gasteiger partial charge >= 0.3 is 0 Å². The van der Waals surface area contributed by atoms with E-state index < -0.39 is 0 Å². The van der Waals surface area contributed by atoms with E-state index in [9.17, 15) is 9.59 Å². The maximum absolute atomic E-state index is 12.1. The quantitative estimate of drug-likeness (QED) is 0.910. The Morgan fingerprint density at radius 1 is 1.04 bits per heavy atom. The van der Waals surface area contributed by atoms with Gasteiger partial charge in [-0.15, -0.1) is 0 Å². The van der Waals surface area contributed by atoms with Crippen molar-refractivity contribution < 1.29 is 9.59 Å². The number of carbonyl (C=O) groups excluding carboxylic acids is 2. The molecular formula is C18H19ClN2O2. The zero-order valence-electron chi connectivity index (χ0n) is 13.2. The van der Waals surface area contributed by atoms with E-state index in [2.05, 4.69) is 5.32 Å². The number of amides is 2. The molecule has 0 aliphatic carbocycles. The van der Waals surface area contributed by atoms with Gasteiger partial charge in [-0.1, -0.05) is 41.4 Å². The Balaban J connectivity index is 1.98. The van der Waals surface area contributed by atoms with Crippen molar-refractivity contribution in [2.24, 2.45) is 0 Å². The van der Waals surface area contributed by atoms with Gasteiger partial charge in [-0.25, -0.2) is 0 Å². The van der Waals surface area contributed by atoms with E-state index in [0.29, 0.717) is 17.3 Å². The summed E-state index contributed by atoms with van der Waals surface area (Å²) in [5, 5.41) is 3.36. The first-order valence-corrected chi connectivity index (χ1v) is 7.68. The van der Waals surface area contributed by atoms with Crippen LogP contribution in [0.5, 0.6) is 0 Å². The summed E-state index contributed by atoms with van der Waals surface area (Å²) >= 11 is 5.81. The van der Waals surface area contributed by atoms with Gasteiger partial charge in [-0.3, -0.25) is 9.59 Å². The van der Waals surface area contributed by atoms with Gasteiger partial charge in [0.25, 0.3) is 0 Å². The normalized spacial score (nSPS) is 10.2. The molecule has 4 nitrogen and oxygen atoms in total. The predicted molar refractivity (Wildman–Crippen MR) is 92.4 cm³/mol. The lowest BCUT2D eigenvalue weighted by molar-refractivity contribution is -0.133. The van der Waals surface area contributed by atoms with Crippen molar-refractivity contribution in [3.05, 3.63) is 64.7 Å². The van der Waals surface area contributed by atoms with E-state index in [1.807, 2.05) is 31.2 Å². The van der Waals surface area contributed by atoms with Crippen LogP contribution in [0, 0.1) is 6.92 Å². The van der Waals surface area contributed by atoms with Crippen LogP contribution in [0.25, 0.3) is 0 Å². The molecule has 0 bridgehead atoms. The summed E-state index contributed by atoms with van der Waals surface area (Å²) in [6.07, 6.45) is 0. The number of nitrogens with one attached hydrogen (secondary N) is 1. The molecule has 0 aromatic heterocycles. The van der Waals surface area contributed by atoms with Crippen molar-refractivity contribution in [2.45, 2.75) is 20.4 Å². The van der Waals surface area contributed by atoms with E-state index in [-0.39, 0.29) is 18.4 Å². The highest BCUT2D eigenvalue weighted by Gasteiger charge is 2.14. The van der Waals surface area contributed by atoms with Gasteiger partial charge in [0.2, 0.25) is 11.8 Å². The number of halogens is 1. The fourth-order valence-corrected chi connectivity index (χ4v) is 2.23. The summed E-state index contributed by atoms with van der Waals surface area (Å²) in [5.74, 6) is -0.383. The fourth-order valence-electron chi connectivity index (χ4n) is 2.10. The second-order valence-electron chi connectivity index (χ2n) is 5.42. The Labute approximate surface area is 141 Å². The lowest BCUT2D eigenvalue weighted by atomic mass is 10.1. The number of carbonyl (C=O) groups is 2. The first-order chi connectivity index (χ1) is 10.9. The number of rotatable bonds is 5. The molecule has 0 heterocycles. The SMILES string of the molecule is CC(=O)N(CC(=O)Nc1ccc(Cl)cc1)Cc1ccc(C)cc1. The van der Waals surface area contributed by atoms with Gasteiger partial charge in [-0.2, -0.15) is 0 Å². The highest BCUT2D eigenvalue weighted by molar-refractivity contribution is 6.30. The van der Waals surface area contributed by atoms with Crippen LogP contribution in [-0.4, -0.2) is 23.3 Å². The number of benzene rings is 2. The minimum absolute atomic E-state index is 0.00579. The Morgan fingerprint density at radius 2 is 1.65 bits per heavy atom. The molecule has 2 rings (SSSR count). The summed E-state index contributed by atoms with van der Waals surface area (Å²) in [5.41, 5.74) is 2.80. The predicted octanol–water partition coefficient (Wildman–Crippen LogP) is 3.64. The molecule has 23 heavy (non-hydrogen) atoms. The molecule has 0 aliphatic heterocycles. The molecule has 2 aromatic rings. The van der Waals surface area contributed by atoms with Crippen molar-refractivity contribution in [1.82, 2.24) is 4.90 Å². The fraction of sp³-hybridized carbons (Fsp3) is 0.222. The van der Waals surface area contributed by atoms with Crippen LogP contribution in [0.1, 0.15) is 18.1 Å². The molecular weight excluding hydrogens is 312 g/mol. The van der Waals surface area contributed by atoms with Crippen molar-refractivity contribution in [3.63, 3.8) is 0 Å². The molecule has 1 N–H and O–H groups in total. The molecule has 0 spiro atoms. The zero-order valence-corrected chi connectivity index (χ0v) is 13.9. The third-order valence-corrected chi connectivity index (χ3v) is 3.65. The zero-order chi connectivity index (χ0) is 16.8. The minimum Gasteiger partial charge on any atom is -0.329 e. The molecule has 2 amide bonds.